The van der Waals surface area contributed by atoms with E-state index in [1.165, 1.54) is 11.3 Å². The van der Waals surface area contributed by atoms with E-state index in [0.717, 1.165) is 5.56 Å². The summed E-state index contributed by atoms with van der Waals surface area (Å²) in [6.45, 7) is 3.80. The molecule has 0 unspecified atom stereocenters. The van der Waals surface area contributed by atoms with Crippen molar-refractivity contribution in [2.45, 2.75) is 26.0 Å². The third-order valence-corrected chi connectivity index (χ3v) is 3.97. The standard InChI is InChI=1S/C18H16N2O2S/c1-4-18(2,3)20-17(21)16-15(8-9-23-16)22-12-14-7-5-6-13(10-14)11-19/h1,5-10H,12H2,2-3H3,(H,20,21). The average molecular weight is 324 g/mol. The number of nitrogens with zero attached hydrogens (tertiary/aromatic N) is 1. The van der Waals surface area contributed by atoms with Crippen LogP contribution in [0.25, 0.3) is 0 Å². The van der Waals surface area contributed by atoms with E-state index in [2.05, 4.69) is 17.3 Å². The maximum atomic E-state index is 12.3. The fourth-order valence-corrected chi connectivity index (χ4v) is 2.57. The Kier molecular flexibility index (Phi) is 5.05. The van der Waals surface area contributed by atoms with Gasteiger partial charge in [0.05, 0.1) is 17.2 Å². The molecule has 4 nitrogen and oxygen atoms in total. The SMILES string of the molecule is C#CC(C)(C)NC(=O)c1sccc1OCc1cccc(C#N)c1. The van der Waals surface area contributed by atoms with Gasteiger partial charge in [0.25, 0.3) is 5.91 Å². The van der Waals surface area contributed by atoms with Crippen LogP contribution in [-0.2, 0) is 6.61 Å². The lowest BCUT2D eigenvalue weighted by molar-refractivity contribution is 0.0930. The molecule has 116 valence electrons. The van der Waals surface area contributed by atoms with E-state index in [1.807, 2.05) is 6.07 Å². The van der Waals surface area contributed by atoms with Crippen molar-refractivity contribution in [3.63, 3.8) is 0 Å². The van der Waals surface area contributed by atoms with Crippen molar-refractivity contribution in [2.24, 2.45) is 0 Å². The number of carbonyl (C=O) groups excluding carboxylic acids is 1. The van der Waals surface area contributed by atoms with Crippen molar-refractivity contribution in [3.05, 3.63) is 51.7 Å². The van der Waals surface area contributed by atoms with Crippen molar-refractivity contribution in [1.29, 1.82) is 5.26 Å². The quantitative estimate of drug-likeness (QED) is 0.858. The lowest BCUT2D eigenvalue weighted by Crippen LogP contribution is -2.41. The van der Waals surface area contributed by atoms with E-state index in [1.54, 1.807) is 43.5 Å². The van der Waals surface area contributed by atoms with Crippen LogP contribution in [-0.4, -0.2) is 11.4 Å². The molecule has 1 N–H and O–H groups in total. The van der Waals surface area contributed by atoms with Crippen LogP contribution in [0, 0.1) is 23.7 Å². The minimum Gasteiger partial charge on any atom is -0.487 e. The molecule has 0 bridgehead atoms. The zero-order chi connectivity index (χ0) is 16.9. The number of thiophene rings is 1. The molecule has 1 aromatic heterocycles. The Morgan fingerprint density at radius 1 is 1.43 bits per heavy atom. The van der Waals surface area contributed by atoms with Crippen LogP contribution in [0.5, 0.6) is 5.75 Å². The van der Waals surface area contributed by atoms with Gasteiger partial charge in [-0.05, 0) is 43.0 Å². The molecule has 2 aromatic rings. The Bertz CT molecular complexity index is 794. The Morgan fingerprint density at radius 2 is 2.22 bits per heavy atom. The second-order valence-corrected chi connectivity index (χ2v) is 6.35. The van der Waals surface area contributed by atoms with E-state index in [0.29, 0.717) is 16.2 Å². The van der Waals surface area contributed by atoms with Crippen LogP contribution in [0.4, 0.5) is 0 Å². The highest BCUT2D eigenvalue weighted by Crippen LogP contribution is 2.26. The van der Waals surface area contributed by atoms with Gasteiger partial charge in [0, 0.05) is 0 Å². The van der Waals surface area contributed by atoms with E-state index in [-0.39, 0.29) is 12.5 Å². The predicted octanol–water partition coefficient (Wildman–Crippen LogP) is 3.34. The molecule has 1 heterocycles. The molecule has 0 spiro atoms. The fraction of sp³-hybridized carbons (Fsp3) is 0.222. The summed E-state index contributed by atoms with van der Waals surface area (Å²) in [6.07, 6.45) is 5.39. The number of nitrogens with one attached hydrogen (secondary N) is 1. The first-order valence-electron chi connectivity index (χ1n) is 6.95. The molecule has 0 fully saturated rings. The molecule has 0 aliphatic carbocycles. The summed E-state index contributed by atoms with van der Waals surface area (Å²) in [5, 5.41) is 13.5. The average Bonchev–Trinajstić information content (AvgIpc) is 3.01. The lowest BCUT2D eigenvalue weighted by Gasteiger charge is -2.19. The molecule has 23 heavy (non-hydrogen) atoms. The summed E-state index contributed by atoms with van der Waals surface area (Å²) in [5.41, 5.74) is 0.718. The number of carbonyl (C=O) groups is 1. The largest absolute Gasteiger partial charge is 0.487 e. The van der Waals surface area contributed by atoms with Crippen molar-refractivity contribution in [3.8, 4) is 24.2 Å². The summed E-state index contributed by atoms with van der Waals surface area (Å²) in [6, 6.07) is 11.0. The number of hydrogen-bond acceptors (Lipinski definition) is 4. The zero-order valence-electron chi connectivity index (χ0n) is 12.9. The molecular weight excluding hydrogens is 308 g/mol. The summed E-state index contributed by atoms with van der Waals surface area (Å²) in [5.74, 6) is 2.77. The molecule has 0 atom stereocenters. The van der Waals surface area contributed by atoms with Gasteiger partial charge < -0.3 is 10.1 Å². The van der Waals surface area contributed by atoms with Gasteiger partial charge in [0.15, 0.2) is 0 Å². The third kappa shape index (κ3) is 4.35. The summed E-state index contributed by atoms with van der Waals surface area (Å²) in [7, 11) is 0. The number of terminal acetylenes is 1. The van der Waals surface area contributed by atoms with Gasteiger partial charge in [-0.15, -0.1) is 17.8 Å². The van der Waals surface area contributed by atoms with Gasteiger partial charge in [0.2, 0.25) is 0 Å². The number of rotatable bonds is 5. The van der Waals surface area contributed by atoms with Crippen LogP contribution in [0.15, 0.2) is 35.7 Å². The molecule has 0 saturated carbocycles. The molecule has 1 amide bonds. The Hall–Kier alpha value is -2.76. The van der Waals surface area contributed by atoms with Crippen LogP contribution in [0.3, 0.4) is 0 Å². The Labute approximate surface area is 139 Å². The molecular formula is C18H16N2O2S. The van der Waals surface area contributed by atoms with Crippen molar-refractivity contribution < 1.29 is 9.53 Å². The van der Waals surface area contributed by atoms with Gasteiger partial charge in [-0.3, -0.25) is 4.79 Å². The summed E-state index contributed by atoms with van der Waals surface area (Å²) >= 11 is 1.29. The second-order valence-electron chi connectivity index (χ2n) is 5.44. The van der Waals surface area contributed by atoms with Gasteiger partial charge in [-0.25, -0.2) is 0 Å². The first-order valence-corrected chi connectivity index (χ1v) is 7.83. The third-order valence-electron chi connectivity index (χ3n) is 3.07. The van der Waals surface area contributed by atoms with Crippen LogP contribution >= 0.6 is 11.3 Å². The van der Waals surface area contributed by atoms with Crippen molar-refractivity contribution >= 4 is 17.2 Å². The Morgan fingerprint density at radius 3 is 2.91 bits per heavy atom. The monoisotopic (exact) mass is 324 g/mol. The van der Waals surface area contributed by atoms with Crippen LogP contribution < -0.4 is 10.1 Å². The van der Waals surface area contributed by atoms with E-state index in [9.17, 15) is 4.79 Å². The van der Waals surface area contributed by atoms with Crippen molar-refractivity contribution in [2.75, 3.05) is 0 Å². The number of benzene rings is 1. The molecule has 1 aromatic carbocycles. The zero-order valence-corrected chi connectivity index (χ0v) is 13.7. The fourth-order valence-electron chi connectivity index (χ4n) is 1.85. The number of nitriles is 1. The van der Waals surface area contributed by atoms with Gasteiger partial charge >= 0.3 is 0 Å². The van der Waals surface area contributed by atoms with Gasteiger partial charge in [0.1, 0.15) is 17.2 Å². The van der Waals surface area contributed by atoms with Crippen LogP contribution in [0.1, 0.15) is 34.6 Å². The highest BCUT2D eigenvalue weighted by molar-refractivity contribution is 7.12. The molecule has 0 radical (unpaired) electrons. The number of amides is 1. The predicted molar refractivity (Wildman–Crippen MR) is 90.2 cm³/mol. The second kappa shape index (κ2) is 7.00. The number of hydrogen-bond donors (Lipinski definition) is 1. The summed E-state index contributed by atoms with van der Waals surface area (Å²) < 4.78 is 5.72. The maximum Gasteiger partial charge on any atom is 0.266 e. The van der Waals surface area contributed by atoms with Gasteiger partial charge in [-0.1, -0.05) is 18.1 Å². The van der Waals surface area contributed by atoms with E-state index < -0.39 is 5.54 Å². The minimum atomic E-state index is -0.723. The first-order chi connectivity index (χ1) is 10.9. The molecule has 0 aliphatic rings. The Balaban J connectivity index is 2.08. The highest BCUT2D eigenvalue weighted by Gasteiger charge is 2.21. The van der Waals surface area contributed by atoms with Gasteiger partial charge in [-0.2, -0.15) is 5.26 Å². The van der Waals surface area contributed by atoms with Crippen LogP contribution in [0.2, 0.25) is 0 Å². The van der Waals surface area contributed by atoms with E-state index >= 15 is 0 Å². The molecule has 5 heteroatoms. The highest BCUT2D eigenvalue weighted by atomic mass is 32.1. The molecule has 0 saturated heterocycles. The normalized spacial score (nSPS) is 10.4. The topological polar surface area (TPSA) is 62.1 Å². The molecule has 2 rings (SSSR count). The molecule has 0 aliphatic heterocycles. The lowest BCUT2D eigenvalue weighted by atomic mass is 10.1. The maximum absolute atomic E-state index is 12.3. The minimum absolute atomic E-state index is 0.260. The number of ether oxygens (including phenoxy) is 1. The summed E-state index contributed by atoms with van der Waals surface area (Å²) in [4.78, 5) is 12.8. The first kappa shape index (κ1) is 16.6. The smallest absolute Gasteiger partial charge is 0.266 e. The van der Waals surface area contributed by atoms with Crippen molar-refractivity contribution in [1.82, 2.24) is 5.32 Å². The van der Waals surface area contributed by atoms with E-state index in [4.69, 9.17) is 16.4 Å².